The van der Waals surface area contributed by atoms with Crippen LogP contribution in [0.15, 0.2) is 24.3 Å². The predicted octanol–water partition coefficient (Wildman–Crippen LogP) is 2.86. The fraction of sp³-hybridized carbons (Fsp3) is 0.333. The average Bonchev–Trinajstić information content (AvgIpc) is 3.32. The third-order valence-electron chi connectivity index (χ3n) is 3.89. The third kappa shape index (κ3) is 6.72. The number of esters is 1. The van der Waals surface area contributed by atoms with Crippen molar-refractivity contribution in [3.8, 4) is 0 Å². The summed E-state index contributed by atoms with van der Waals surface area (Å²) in [6, 6.07) is 7.80. The fourth-order valence-electron chi connectivity index (χ4n) is 2.57. The summed E-state index contributed by atoms with van der Waals surface area (Å²) >= 11 is 1.69. The van der Waals surface area contributed by atoms with Crippen molar-refractivity contribution in [1.29, 1.82) is 0 Å². The molecule has 0 spiro atoms. The molecule has 0 saturated heterocycles. The van der Waals surface area contributed by atoms with Gasteiger partial charge in [0.05, 0.1) is 19.4 Å². The number of carbonyl (C=O) groups excluding carboxylic acids is 1. The fourth-order valence-corrected chi connectivity index (χ4v) is 2.98. The summed E-state index contributed by atoms with van der Waals surface area (Å²) in [5, 5.41) is 18.5. The van der Waals surface area contributed by atoms with Crippen molar-refractivity contribution in [2.24, 2.45) is 0 Å². The van der Waals surface area contributed by atoms with Crippen LogP contribution in [0, 0.1) is 0 Å². The Bertz CT molecular complexity index is 1030. The zero-order chi connectivity index (χ0) is 23.0. The maximum absolute atomic E-state index is 12.0. The van der Waals surface area contributed by atoms with Crippen molar-refractivity contribution < 1.29 is 32.6 Å². The number of nitrogens with one attached hydrogen (secondary N) is 3. The maximum Gasteiger partial charge on any atom is 0.490 e. The lowest BCUT2D eigenvalue weighted by molar-refractivity contribution is -0.192. The Balaban J connectivity index is 0.000000423. The predicted molar refractivity (Wildman–Crippen MR) is 107 cm³/mol. The number of halogens is 3. The van der Waals surface area contributed by atoms with Gasteiger partial charge in [-0.1, -0.05) is 18.2 Å². The number of rotatable bonds is 7. The van der Waals surface area contributed by atoms with E-state index in [9.17, 15) is 18.0 Å². The molecule has 2 heterocycles. The number of carboxylic acid groups (broad SMARTS) is 1. The molecule has 0 aliphatic carbocycles. The lowest BCUT2D eigenvalue weighted by Gasteiger charge is -2.04. The number of nitrogens with zero attached hydrogens (tertiary/aromatic N) is 2. The van der Waals surface area contributed by atoms with Crippen LogP contribution in [-0.4, -0.2) is 56.8 Å². The van der Waals surface area contributed by atoms with Crippen LogP contribution in [-0.2, 0) is 28.4 Å². The van der Waals surface area contributed by atoms with Gasteiger partial charge in [-0.15, -0.1) is 0 Å². The van der Waals surface area contributed by atoms with Gasteiger partial charge in [-0.05, 0) is 12.3 Å². The highest BCUT2D eigenvalue weighted by molar-refractivity contribution is 7.97. The van der Waals surface area contributed by atoms with Gasteiger partial charge in [0.2, 0.25) is 0 Å². The van der Waals surface area contributed by atoms with Crippen LogP contribution in [0.25, 0.3) is 10.9 Å². The number of para-hydroxylation sites is 1. The molecule has 3 aromatic rings. The van der Waals surface area contributed by atoms with Crippen molar-refractivity contribution in [1.82, 2.24) is 25.5 Å². The minimum Gasteiger partial charge on any atom is -0.475 e. The number of methoxy groups -OCH3 is 1. The van der Waals surface area contributed by atoms with Gasteiger partial charge in [0.1, 0.15) is 11.5 Å². The SMILES string of the molecule is COC(=O)c1[nH]c2ccccc2c1CNCc1n[nH]c(CSC)n1.O=C(O)C(F)(F)F. The Morgan fingerprint density at radius 1 is 1.26 bits per heavy atom. The topological polar surface area (TPSA) is 133 Å². The minimum atomic E-state index is -5.08. The number of benzene rings is 1. The van der Waals surface area contributed by atoms with Crippen LogP contribution < -0.4 is 5.32 Å². The van der Waals surface area contributed by atoms with E-state index < -0.39 is 12.1 Å². The van der Waals surface area contributed by atoms with Crippen molar-refractivity contribution in [2.45, 2.75) is 25.0 Å². The Morgan fingerprint density at radius 3 is 2.55 bits per heavy atom. The maximum atomic E-state index is 12.0. The number of ether oxygens (including phenoxy) is 1. The lowest BCUT2D eigenvalue weighted by atomic mass is 10.1. The molecule has 0 aliphatic heterocycles. The Labute approximate surface area is 178 Å². The number of aromatic amines is 2. The Kier molecular flexibility index (Phi) is 8.45. The normalized spacial score (nSPS) is 11.1. The largest absolute Gasteiger partial charge is 0.490 e. The quantitative estimate of drug-likeness (QED) is 0.397. The van der Waals surface area contributed by atoms with Crippen LogP contribution in [0.2, 0.25) is 0 Å². The van der Waals surface area contributed by atoms with E-state index in [0.29, 0.717) is 24.6 Å². The molecule has 13 heteroatoms. The van der Waals surface area contributed by atoms with E-state index in [2.05, 4.69) is 25.5 Å². The van der Waals surface area contributed by atoms with Gasteiger partial charge in [0.15, 0.2) is 5.82 Å². The number of hydrogen-bond acceptors (Lipinski definition) is 7. The van der Waals surface area contributed by atoms with Crippen LogP contribution >= 0.6 is 11.8 Å². The van der Waals surface area contributed by atoms with Crippen LogP contribution in [0.1, 0.15) is 27.7 Å². The van der Waals surface area contributed by atoms with Gasteiger partial charge in [0.25, 0.3) is 0 Å². The van der Waals surface area contributed by atoms with Gasteiger partial charge >= 0.3 is 18.1 Å². The van der Waals surface area contributed by atoms with E-state index >= 15 is 0 Å². The molecule has 4 N–H and O–H groups in total. The molecule has 0 aliphatic rings. The number of carboxylic acids is 1. The molecule has 168 valence electrons. The first-order valence-corrected chi connectivity index (χ1v) is 10.1. The minimum absolute atomic E-state index is 0.372. The molecule has 3 rings (SSSR count). The Hall–Kier alpha value is -3.06. The van der Waals surface area contributed by atoms with Crippen molar-refractivity contribution >= 4 is 34.6 Å². The molecular formula is C18H20F3N5O4S. The molecule has 0 saturated carbocycles. The molecule has 0 unspecified atom stereocenters. The molecule has 9 nitrogen and oxygen atoms in total. The van der Waals surface area contributed by atoms with E-state index in [0.717, 1.165) is 28.0 Å². The molecular weight excluding hydrogens is 439 g/mol. The summed E-state index contributed by atoms with van der Waals surface area (Å²) in [5.74, 6) is -0.752. The van der Waals surface area contributed by atoms with E-state index in [1.165, 1.54) is 7.11 Å². The number of fused-ring (bicyclic) bond motifs is 1. The number of thioether (sulfide) groups is 1. The Morgan fingerprint density at radius 2 is 1.94 bits per heavy atom. The zero-order valence-electron chi connectivity index (χ0n) is 16.5. The van der Waals surface area contributed by atoms with Crippen LogP contribution in [0.4, 0.5) is 13.2 Å². The van der Waals surface area contributed by atoms with Gasteiger partial charge in [-0.2, -0.15) is 30.0 Å². The highest BCUT2D eigenvalue weighted by Gasteiger charge is 2.38. The van der Waals surface area contributed by atoms with Crippen molar-refractivity contribution in [3.63, 3.8) is 0 Å². The van der Waals surface area contributed by atoms with E-state index in [1.54, 1.807) is 11.8 Å². The molecule has 31 heavy (non-hydrogen) atoms. The second-order valence-corrected chi connectivity index (χ2v) is 6.92. The van der Waals surface area contributed by atoms with Crippen molar-refractivity contribution in [2.75, 3.05) is 13.4 Å². The van der Waals surface area contributed by atoms with Crippen LogP contribution in [0.5, 0.6) is 0 Å². The van der Waals surface area contributed by atoms with E-state index in [1.807, 2.05) is 30.5 Å². The van der Waals surface area contributed by atoms with Gasteiger partial charge in [-0.3, -0.25) is 5.10 Å². The van der Waals surface area contributed by atoms with E-state index in [4.69, 9.17) is 14.6 Å². The number of alkyl halides is 3. The molecule has 2 aromatic heterocycles. The summed E-state index contributed by atoms with van der Waals surface area (Å²) in [7, 11) is 1.38. The third-order valence-corrected chi connectivity index (χ3v) is 4.45. The summed E-state index contributed by atoms with van der Waals surface area (Å²) in [6.45, 7) is 1.03. The summed E-state index contributed by atoms with van der Waals surface area (Å²) in [6.07, 6.45) is -3.06. The number of hydrogen-bond donors (Lipinski definition) is 4. The molecule has 1 aromatic carbocycles. The highest BCUT2D eigenvalue weighted by atomic mass is 32.2. The summed E-state index contributed by atoms with van der Waals surface area (Å²) in [4.78, 5) is 28.4. The molecule has 0 bridgehead atoms. The summed E-state index contributed by atoms with van der Waals surface area (Å²) < 4.78 is 36.6. The highest BCUT2D eigenvalue weighted by Crippen LogP contribution is 2.23. The average molecular weight is 459 g/mol. The number of aromatic nitrogens is 4. The number of H-pyrrole nitrogens is 2. The first-order valence-electron chi connectivity index (χ1n) is 8.75. The van der Waals surface area contributed by atoms with E-state index in [-0.39, 0.29) is 5.97 Å². The lowest BCUT2D eigenvalue weighted by Crippen LogP contribution is -2.21. The smallest absolute Gasteiger partial charge is 0.475 e. The number of aliphatic carboxylic acids is 1. The molecule has 0 atom stereocenters. The van der Waals surface area contributed by atoms with Gasteiger partial charge < -0.3 is 20.1 Å². The molecule has 0 radical (unpaired) electrons. The molecule has 0 fully saturated rings. The first-order chi connectivity index (χ1) is 14.7. The standard InChI is InChI=1S/C16H19N5O2S.C2HF3O2/c1-23-16(22)15-11(10-5-3-4-6-12(10)18-15)7-17-8-13-19-14(9-24-2)21-20-13;3-2(4,5)1(6)7/h3-6,17-18H,7-9H2,1-2H3,(H,19,20,21);(H,6,7). The second kappa shape index (κ2) is 10.8. The van der Waals surface area contributed by atoms with Gasteiger partial charge in [0, 0.05) is 23.0 Å². The monoisotopic (exact) mass is 459 g/mol. The summed E-state index contributed by atoms with van der Waals surface area (Å²) in [5.41, 5.74) is 2.27. The number of carbonyl (C=O) groups is 2. The van der Waals surface area contributed by atoms with Crippen LogP contribution in [0.3, 0.4) is 0 Å². The first kappa shape index (κ1) is 24.2. The molecule has 0 amide bonds. The zero-order valence-corrected chi connectivity index (χ0v) is 17.4. The van der Waals surface area contributed by atoms with Gasteiger partial charge in [-0.25, -0.2) is 14.6 Å². The second-order valence-electron chi connectivity index (χ2n) is 6.05. The van der Waals surface area contributed by atoms with Crippen molar-refractivity contribution in [3.05, 3.63) is 47.2 Å².